The number of nitrogens with two attached hydrogens (primary N) is 1. The molecule has 0 saturated carbocycles. The van der Waals surface area contributed by atoms with Gasteiger partial charge < -0.3 is 15.6 Å². The summed E-state index contributed by atoms with van der Waals surface area (Å²) in [7, 11) is 1.54. The van der Waals surface area contributed by atoms with Gasteiger partial charge in [0.15, 0.2) is 5.78 Å². The number of nitrogens with zero attached hydrogens (tertiary/aromatic N) is 1. The van der Waals surface area contributed by atoms with E-state index in [4.69, 9.17) is 10.5 Å². The van der Waals surface area contributed by atoms with Gasteiger partial charge in [-0.1, -0.05) is 30.3 Å². The van der Waals surface area contributed by atoms with Crippen molar-refractivity contribution >= 4 is 11.5 Å². The number of hydrogen-bond acceptors (Lipinski definition) is 5. The maximum Gasteiger partial charge on any atom is 0.179 e. The van der Waals surface area contributed by atoms with E-state index in [1.807, 2.05) is 42.2 Å². The summed E-state index contributed by atoms with van der Waals surface area (Å²) in [5.74, 6) is 0.518. The maximum absolute atomic E-state index is 12.8. The highest BCUT2D eigenvalue weighted by atomic mass is 16.5. The van der Waals surface area contributed by atoms with E-state index in [0.29, 0.717) is 30.1 Å². The summed E-state index contributed by atoms with van der Waals surface area (Å²) >= 11 is 0. The van der Waals surface area contributed by atoms with Crippen molar-refractivity contribution in [1.29, 1.82) is 0 Å². The molecule has 0 aromatic heterocycles. The normalized spacial score (nSPS) is 12.2. The van der Waals surface area contributed by atoms with Crippen LogP contribution in [0, 0.1) is 0 Å². The van der Waals surface area contributed by atoms with Crippen molar-refractivity contribution in [2.24, 2.45) is 0 Å². The summed E-state index contributed by atoms with van der Waals surface area (Å²) in [6.45, 7) is 2.87. The van der Waals surface area contributed by atoms with Gasteiger partial charge >= 0.3 is 0 Å². The summed E-state index contributed by atoms with van der Waals surface area (Å²) in [6, 6.07) is 14.6. The molecule has 2 aromatic rings. The molecule has 0 spiro atoms. The zero-order valence-electron chi connectivity index (χ0n) is 14.1. The predicted molar refractivity (Wildman–Crippen MR) is 95.1 cm³/mol. The van der Waals surface area contributed by atoms with E-state index in [9.17, 15) is 9.90 Å². The van der Waals surface area contributed by atoms with Gasteiger partial charge in [0.25, 0.3) is 0 Å². The molecule has 0 saturated heterocycles. The zero-order valence-corrected chi connectivity index (χ0v) is 14.1. The third kappa shape index (κ3) is 4.34. The van der Waals surface area contributed by atoms with Gasteiger partial charge in [0.1, 0.15) is 5.75 Å². The topological polar surface area (TPSA) is 75.8 Å². The van der Waals surface area contributed by atoms with Crippen molar-refractivity contribution in [3.63, 3.8) is 0 Å². The molecule has 1 atom stereocenters. The van der Waals surface area contributed by atoms with Crippen LogP contribution in [0.4, 0.5) is 5.69 Å². The molecular formula is C19H24N2O3. The Morgan fingerprint density at radius 2 is 1.96 bits per heavy atom. The van der Waals surface area contributed by atoms with Gasteiger partial charge in [-0.05, 0) is 30.7 Å². The Kier molecular flexibility index (Phi) is 6.35. The van der Waals surface area contributed by atoms with Crippen molar-refractivity contribution in [3.8, 4) is 5.75 Å². The lowest BCUT2D eigenvalue weighted by molar-refractivity contribution is 0.0794. The Hall–Kier alpha value is -2.37. The van der Waals surface area contributed by atoms with Crippen LogP contribution in [-0.4, -0.2) is 42.1 Å². The van der Waals surface area contributed by atoms with Crippen molar-refractivity contribution in [2.75, 3.05) is 26.0 Å². The minimum Gasteiger partial charge on any atom is -0.495 e. The van der Waals surface area contributed by atoms with Crippen molar-refractivity contribution in [1.82, 2.24) is 4.90 Å². The third-order valence-corrected chi connectivity index (χ3v) is 4.06. The largest absolute Gasteiger partial charge is 0.495 e. The van der Waals surface area contributed by atoms with E-state index in [0.717, 1.165) is 5.56 Å². The number of carbonyl (C=O) groups excluding carboxylic acids is 1. The Morgan fingerprint density at radius 1 is 1.25 bits per heavy atom. The van der Waals surface area contributed by atoms with Crippen LogP contribution in [-0.2, 0) is 6.54 Å². The molecule has 0 aliphatic heterocycles. The predicted octanol–water partition coefficient (Wildman–Crippen LogP) is 2.34. The number of rotatable bonds is 8. The monoisotopic (exact) mass is 328 g/mol. The van der Waals surface area contributed by atoms with Gasteiger partial charge in [0.05, 0.1) is 25.4 Å². The van der Waals surface area contributed by atoms with Gasteiger partial charge in [0.2, 0.25) is 0 Å². The molecule has 2 aromatic carbocycles. The highest BCUT2D eigenvalue weighted by Crippen LogP contribution is 2.23. The number of Topliss-reactive ketones (excluding diaryl/α,β-unsaturated/α-hetero) is 1. The second kappa shape index (κ2) is 8.47. The number of carbonyl (C=O) groups is 1. The van der Waals surface area contributed by atoms with Crippen LogP contribution < -0.4 is 10.5 Å². The number of methoxy groups -OCH3 is 1. The fourth-order valence-electron chi connectivity index (χ4n) is 2.65. The van der Waals surface area contributed by atoms with Crippen LogP contribution in [0.2, 0.25) is 0 Å². The Labute approximate surface area is 142 Å². The van der Waals surface area contributed by atoms with Gasteiger partial charge in [-0.15, -0.1) is 0 Å². The number of aliphatic hydroxyl groups is 1. The molecule has 1 unspecified atom stereocenters. The van der Waals surface area contributed by atoms with E-state index in [-0.39, 0.29) is 18.4 Å². The summed E-state index contributed by atoms with van der Waals surface area (Å²) < 4.78 is 5.13. The molecule has 128 valence electrons. The second-order valence-corrected chi connectivity index (χ2v) is 5.68. The lowest BCUT2D eigenvalue weighted by Gasteiger charge is -2.27. The van der Waals surface area contributed by atoms with Crippen LogP contribution in [0.1, 0.15) is 22.8 Å². The first kappa shape index (κ1) is 18.0. The van der Waals surface area contributed by atoms with E-state index in [1.165, 1.54) is 0 Å². The molecule has 0 aliphatic rings. The molecule has 24 heavy (non-hydrogen) atoms. The number of aliphatic hydroxyl groups excluding tert-OH is 1. The number of benzene rings is 2. The van der Waals surface area contributed by atoms with Crippen LogP contribution >= 0.6 is 0 Å². The molecule has 5 nitrogen and oxygen atoms in total. The van der Waals surface area contributed by atoms with Gasteiger partial charge in [-0.25, -0.2) is 0 Å². The van der Waals surface area contributed by atoms with Crippen molar-refractivity contribution in [2.45, 2.75) is 19.5 Å². The molecule has 0 radical (unpaired) electrons. The number of anilines is 1. The molecular weight excluding hydrogens is 304 g/mol. The first-order valence-electron chi connectivity index (χ1n) is 7.93. The molecule has 0 amide bonds. The molecule has 0 aliphatic carbocycles. The molecule has 0 heterocycles. The van der Waals surface area contributed by atoms with Gasteiger partial charge in [-0.2, -0.15) is 0 Å². The van der Waals surface area contributed by atoms with Gasteiger partial charge in [0, 0.05) is 18.7 Å². The zero-order chi connectivity index (χ0) is 17.5. The molecule has 3 N–H and O–H groups in total. The Bertz CT molecular complexity index is 674. The molecule has 0 bridgehead atoms. The highest BCUT2D eigenvalue weighted by molar-refractivity contribution is 6.00. The van der Waals surface area contributed by atoms with Crippen molar-refractivity contribution < 1.29 is 14.6 Å². The van der Waals surface area contributed by atoms with Crippen LogP contribution in [0.25, 0.3) is 0 Å². The summed E-state index contributed by atoms with van der Waals surface area (Å²) in [4.78, 5) is 14.7. The third-order valence-electron chi connectivity index (χ3n) is 4.06. The van der Waals surface area contributed by atoms with E-state index in [2.05, 4.69) is 0 Å². The average Bonchev–Trinajstić information content (AvgIpc) is 2.61. The molecule has 0 fully saturated rings. The van der Waals surface area contributed by atoms with E-state index >= 15 is 0 Å². The minimum atomic E-state index is -0.370. The summed E-state index contributed by atoms with van der Waals surface area (Å²) in [5.41, 5.74) is 7.97. The first-order chi connectivity index (χ1) is 11.6. The number of ether oxygens (including phenoxy) is 1. The fraction of sp³-hybridized carbons (Fsp3) is 0.316. The summed E-state index contributed by atoms with van der Waals surface area (Å²) in [6.07, 6.45) is 0. The minimum absolute atomic E-state index is 0.00476. The number of nitrogen functional groups attached to an aromatic ring is 1. The number of ketones is 1. The lowest BCUT2D eigenvalue weighted by Crippen LogP contribution is -2.40. The van der Waals surface area contributed by atoms with Crippen LogP contribution in [0.15, 0.2) is 48.5 Å². The quantitative estimate of drug-likeness (QED) is 0.575. The SMILES string of the molecule is COc1ccc(C(=O)C(C)N(CCO)Cc2ccccc2)cc1N. The van der Waals surface area contributed by atoms with E-state index in [1.54, 1.807) is 25.3 Å². The molecule has 2 rings (SSSR count). The lowest BCUT2D eigenvalue weighted by atomic mass is 10.0. The highest BCUT2D eigenvalue weighted by Gasteiger charge is 2.23. The van der Waals surface area contributed by atoms with Gasteiger partial charge in [-0.3, -0.25) is 9.69 Å². The standard InChI is InChI=1S/C19H24N2O3/c1-14(19(23)16-8-9-18(24-2)17(20)12-16)21(10-11-22)13-15-6-4-3-5-7-15/h3-9,12,14,22H,10-11,13,20H2,1-2H3. The van der Waals surface area contributed by atoms with E-state index < -0.39 is 0 Å². The maximum atomic E-state index is 12.8. The summed E-state index contributed by atoms with van der Waals surface area (Å²) in [5, 5.41) is 9.34. The smallest absolute Gasteiger partial charge is 0.179 e. The average molecular weight is 328 g/mol. The second-order valence-electron chi connectivity index (χ2n) is 5.68. The Morgan fingerprint density at radius 3 is 2.54 bits per heavy atom. The molecule has 5 heteroatoms. The van der Waals surface area contributed by atoms with Crippen molar-refractivity contribution in [3.05, 3.63) is 59.7 Å². The van der Waals surface area contributed by atoms with Crippen LogP contribution in [0.3, 0.4) is 0 Å². The Balaban J connectivity index is 2.17. The van der Waals surface area contributed by atoms with Crippen LogP contribution in [0.5, 0.6) is 5.75 Å². The fourth-order valence-corrected chi connectivity index (χ4v) is 2.65. The first-order valence-corrected chi connectivity index (χ1v) is 7.93. The number of hydrogen-bond donors (Lipinski definition) is 2.